The Balaban J connectivity index is 1.77. The topological polar surface area (TPSA) is 101 Å². The second kappa shape index (κ2) is 8.01. The van der Waals surface area contributed by atoms with Crippen LogP contribution in [0, 0.1) is 21.7 Å². The van der Waals surface area contributed by atoms with Crippen LogP contribution in [0.25, 0.3) is 0 Å². The Morgan fingerprint density at radius 2 is 1.72 bits per heavy atom. The van der Waals surface area contributed by atoms with Gasteiger partial charge in [0.2, 0.25) is 10.0 Å². The third-order valence-electron chi connectivity index (χ3n) is 4.42. The third-order valence-corrected chi connectivity index (χ3v) is 6.59. The molecule has 1 amide bonds. The average Bonchev–Trinajstić information content (AvgIpc) is 2.67. The van der Waals surface area contributed by atoms with E-state index < -0.39 is 43.1 Å². The molecule has 0 unspecified atom stereocenters. The minimum Gasteiger partial charge on any atom is -0.336 e. The zero-order chi connectivity index (χ0) is 21.3. The highest BCUT2D eigenvalue weighted by molar-refractivity contribution is 7.89. The van der Waals surface area contributed by atoms with Crippen molar-refractivity contribution in [2.24, 2.45) is 0 Å². The fourth-order valence-electron chi connectivity index (χ4n) is 2.96. The van der Waals surface area contributed by atoms with E-state index in [-0.39, 0.29) is 36.8 Å². The van der Waals surface area contributed by atoms with Gasteiger partial charge in [-0.1, -0.05) is 11.6 Å². The van der Waals surface area contributed by atoms with E-state index >= 15 is 0 Å². The molecule has 0 radical (unpaired) electrons. The Morgan fingerprint density at radius 1 is 1.07 bits per heavy atom. The molecule has 1 saturated heterocycles. The van der Waals surface area contributed by atoms with E-state index in [4.69, 9.17) is 11.6 Å². The van der Waals surface area contributed by atoms with Gasteiger partial charge in [-0.3, -0.25) is 14.9 Å². The van der Waals surface area contributed by atoms with Crippen molar-refractivity contribution in [2.45, 2.75) is 4.90 Å². The number of carbonyl (C=O) groups excluding carboxylic acids is 1. The Bertz CT molecular complexity index is 1090. The summed E-state index contributed by atoms with van der Waals surface area (Å²) in [5.74, 6) is -2.75. The van der Waals surface area contributed by atoms with E-state index in [0.717, 1.165) is 22.5 Å². The van der Waals surface area contributed by atoms with Crippen LogP contribution >= 0.6 is 11.6 Å². The first-order chi connectivity index (χ1) is 13.6. The van der Waals surface area contributed by atoms with Crippen LogP contribution in [0.1, 0.15) is 10.4 Å². The summed E-state index contributed by atoms with van der Waals surface area (Å²) in [6, 6.07) is 5.81. The summed E-state index contributed by atoms with van der Waals surface area (Å²) in [6.45, 7) is -0.403. The van der Waals surface area contributed by atoms with E-state index in [9.17, 15) is 32.1 Å². The number of nitro benzene ring substituents is 1. The molecule has 0 spiro atoms. The van der Waals surface area contributed by atoms with Crippen LogP contribution in [0.2, 0.25) is 5.02 Å². The van der Waals surface area contributed by atoms with Gasteiger partial charge in [-0.2, -0.15) is 4.31 Å². The summed E-state index contributed by atoms with van der Waals surface area (Å²) in [4.78, 5) is 23.7. The average molecular weight is 446 g/mol. The van der Waals surface area contributed by atoms with Crippen LogP contribution in [0.15, 0.2) is 41.3 Å². The molecular formula is C17H14ClF2N3O5S. The van der Waals surface area contributed by atoms with Gasteiger partial charge in [0.05, 0.1) is 4.92 Å². The standard InChI is InChI=1S/C17H14ClF2N3O5S/c18-11-1-3-13(15(9-11)23(25)26)17(24)21-5-7-22(8-6-21)29(27,28)16-4-2-12(19)10-14(16)20/h1-4,9-10H,5-8H2. The lowest BCUT2D eigenvalue weighted by atomic mass is 10.1. The van der Waals surface area contributed by atoms with Crippen LogP contribution in [0.5, 0.6) is 0 Å². The molecule has 0 aromatic heterocycles. The number of piperazine rings is 1. The van der Waals surface area contributed by atoms with Crippen molar-refractivity contribution in [3.8, 4) is 0 Å². The zero-order valence-electron chi connectivity index (χ0n) is 14.7. The van der Waals surface area contributed by atoms with Crippen LogP contribution in [0.3, 0.4) is 0 Å². The van der Waals surface area contributed by atoms with Crippen LogP contribution < -0.4 is 0 Å². The summed E-state index contributed by atoms with van der Waals surface area (Å²) in [6.07, 6.45) is 0. The molecule has 154 valence electrons. The normalized spacial score (nSPS) is 15.3. The van der Waals surface area contributed by atoms with Crippen LogP contribution in [0.4, 0.5) is 14.5 Å². The Morgan fingerprint density at radius 3 is 2.31 bits per heavy atom. The number of rotatable bonds is 4. The SMILES string of the molecule is O=C(c1ccc(Cl)cc1[N+](=O)[O-])N1CCN(S(=O)(=O)c2ccc(F)cc2F)CC1. The Labute approximate surface area is 169 Å². The van der Waals surface area contributed by atoms with E-state index in [0.29, 0.717) is 6.07 Å². The van der Waals surface area contributed by atoms with E-state index in [1.54, 1.807) is 0 Å². The number of halogens is 3. The number of nitrogens with zero attached hydrogens (tertiary/aromatic N) is 3. The molecule has 29 heavy (non-hydrogen) atoms. The molecular weight excluding hydrogens is 432 g/mol. The molecule has 3 rings (SSSR count). The fraction of sp³-hybridized carbons (Fsp3) is 0.235. The number of sulfonamides is 1. The van der Waals surface area contributed by atoms with Gasteiger partial charge in [0.25, 0.3) is 11.6 Å². The van der Waals surface area contributed by atoms with Crippen molar-refractivity contribution in [3.05, 3.63) is 68.7 Å². The zero-order valence-corrected chi connectivity index (χ0v) is 16.3. The van der Waals surface area contributed by atoms with Gasteiger partial charge >= 0.3 is 0 Å². The summed E-state index contributed by atoms with van der Waals surface area (Å²) in [5, 5.41) is 11.3. The second-order valence-electron chi connectivity index (χ2n) is 6.19. The molecule has 1 fully saturated rings. The van der Waals surface area contributed by atoms with Gasteiger partial charge in [-0.25, -0.2) is 17.2 Å². The molecule has 2 aromatic rings. The summed E-state index contributed by atoms with van der Waals surface area (Å²) in [7, 11) is -4.22. The van der Waals surface area contributed by atoms with Gasteiger partial charge in [0, 0.05) is 43.3 Å². The first kappa shape index (κ1) is 21.1. The van der Waals surface area contributed by atoms with Gasteiger partial charge in [-0.15, -0.1) is 0 Å². The molecule has 0 aliphatic carbocycles. The molecule has 12 heteroatoms. The number of nitro groups is 1. The van der Waals surface area contributed by atoms with Crippen LogP contribution in [-0.4, -0.2) is 54.6 Å². The predicted molar refractivity (Wildman–Crippen MR) is 99.1 cm³/mol. The number of benzene rings is 2. The molecule has 8 nitrogen and oxygen atoms in total. The lowest BCUT2D eigenvalue weighted by Crippen LogP contribution is -2.50. The lowest BCUT2D eigenvalue weighted by molar-refractivity contribution is -0.385. The van der Waals surface area contributed by atoms with E-state index in [1.165, 1.54) is 17.0 Å². The van der Waals surface area contributed by atoms with E-state index in [2.05, 4.69) is 0 Å². The van der Waals surface area contributed by atoms with Crippen molar-refractivity contribution in [1.82, 2.24) is 9.21 Å². The predicted octanol–water partition coefficient (Wildman–Crippen LogP) is 2.67. The number of carbonyl (C=O) groups is 1. The van der Waals surface area contributed by atoms with E-state index in [1.807, 2.05) is 0 Å². The molecule has 0 atom stereocenters. The summed E-state index contributed by atoms with van der Waals surface area (Å²) < 4.78 is 53.1. The van der Waals surface area contributed by atoms with Crippen LogP contribution in [-0.2, 0) is 10.0 Å². The first-order valence-corrected chi connectivity index (χ1v) is 10.1. The molecule has 1 aliphatic heterocycles. The maximum atomic E-state index is 13.9. The first-order valence-electron chi connectivity index (χ1n) is 8.29. The minimum absolute atomic E-state index is 0.0549. The third kappa shape index (κ3) is 4.21. The maximum absolute atomic E-state index is 13.9. The molecule has 1 aliphatic rings. The molecule has 2 aromatic carbocycles. The quantitative estimate of drug-likeness (QED) is 0.532. The van der Waals surface area contributed by atoms with Crippen molar-refractivity contribution in [2.75, 3.05) is 26.2 Å². The lowest BCUT2D eigenvalue weighted by Gasteiger charge is -2.34. The Hall–Kier alpha value is -2.63. The van der Waals surface area contributed by atoms with Crippen molar-refractivity contribution in [3.63, 3.8) is 0 Å². The Kier molecular flexibility index (Phi) is 5.82. The molecule has 1 heterocycles. The van der Waals surface area contributed by atoms with Crippen molar-refractivity contribution < 1.29 is 26.9 Å². The number of hydrogen-bond donors (Lipinski definition) is 0. The maximum Gasteiger partial charge on any atom is 0.283 e. The second-order valence-corrected chi connectivity index (χ2v) is 8.53. The molecule has 0 saturated carbocycles. The fourth-order valence-corrected chi connectivity index (χ4v) is 4.60. The number of hydrogen-bond acceptors (Lipinski definition) is 5. The van der Waals surface area contributed by atoms with Crippen molar-refractivity contribution in [1.29, 1.82) is 0 Å². The highest BCUT2D eigenvalue weighted by atomic mass is 35.5. The van der Waals surface area contributed by atoms with Gasteiger partial charge in [0.15, 0.2) is 0 Å². The van der Waals surface area contributed by atoms with Gasteiger partial charge in [0.1, 0.15) is 22.1 Å². The van der Waals surface area contributed by atoms with Crippen molar-refractivity contribution >= 4 is 33.2 Å². The molecule has 0 bridgehead atoms. The highest BCUT2D eigenvalue weighted by Crippen LogP contribution is 2.26. The monoisotopic (exact) mass is 445 g/mol. The largest absolute Gasteiger partial charge is 0.336 e. The molecule has 0 N–H and O–H groups in total. The van der Waals surface area contributed by atoms with Gasteiger partial charge in [-0.05, 0) is 24.3 Å². The number of amides is 1. The summed E-state index contributed by atoms with van der Waals surface area (Å²) in [5.41, 5.74) is -0.619. The summed E-state index contributed by atoms with van der Waals surface area (Å²) >= 11 is 5.74. The highest BCUT2D eigenvalue weighted by Gasteiger charge is 2.33. The smallest absolute Gasteiger partial charge is 0.283 e. The minimum atomic E-state index is -4.22. The van der Waals surface area contributed by atoms with Gasteiger partial charge < -0.3 is 4.90 Å².